The molecule has 0 aromatic carbocycles. The summed E-state index contributed by atoms with van der Waals surface area (Å²) in [4.78, 5) is 0. The molecule has 92 valence electrons. The lowest BCUT2D eigenvalue weighted by Crippen LogP contribution is -2.51. The Balaban J connectivity index is 1.61. The third-order valence-corrected chi connectivity index (χ3v) is 6.33. The molecule has 4 atom stereocenters. The average Bonchev–Trinajstić information content (AvgIpc) is 2.82. The van der Waals surface area contributed by atoms with Crippen LogP contribution in [0, 0.1) is 17.3 Å². The lowest BCUT2D eigenvalue weighted by Gasteiger charge is -2.41. The molecule has 3 aliphatic rings. The summed E-state index contributed by atoms with van der Waals surface area (Å²) in [7, 11) is 0. The molecular formula is C14H25NS. The van der Waals surface area contributed by atoms with Gasteiger partial charge < -0.3 is 5.32 Å². The summed E-state index contributed by atoms with van der Waals surface area (Å²) in [5, 5.41) is 4.02. The maximum Gasteiger partial charge on any atom is 0.0212 e. The zero-order chi connectivity index (χ0) is 11.2. The summed E-state index contributed by atoms with van der Waals surface area (Å²) in [6.07, 6.45) is 7.41. The number of hydrogen-bond acceptors (Lipinski definition) is 2. The van der Waals surface area contributed by atoms with Gasteiger partial charge in [0.2, 0.25) is 0 Å². The molecule has 0 spiro atoms. The van der Waals surface area contributed by atoms with Crippen LogP contribution in [0.4, 0.5) is 0 Å². The van der Waals surface area contributed by atoms with Gasteiger partial charge in [0.05, 0.1) is 0 Å². The SMILES string of the molecule is CC1(C)CCSCC1NC1CC2CCC1C2. The fourth-order valence-corrected chi connectivity index (χ4v) is 5.54. The molecular weight excluding hydrogens is 214 g/mol. The molecule has 2 aliphatic carbocycles. The summed E-state index contributed by atoms with van der Waals surface area (Å²) in [5.74, 6) is 4.79. The molecule has 1 N–H and O–H groups in total. The molecule has 3 rings (SSSR count). The van der Waals surface area contributed by atoms with Crippen LogP contribution in [-0.4, -0.2) is 23.6 Å². The summed E-state index contributed by atoms with van der Waals surface area (Å²) >= 11 is 2.15. The second-order valence-electron chi connectivity index (χ2n) is 6.81. The highest BCUT2D eigenvalue weighted by atomic mass is 32.2. The largest absolute Gasteiger partial charge is 0.310 e. The van der Waals surface area contributed by atoms with E-state index < -0.39 is 0 Å². The van der Waals surface area contributed by atoms with E-state index in [1.807, 2.05) is 0 Å². The Morgan fingerprint density at radius 3 is 2.69 bits per heavy atom. The van der Waals surface area contributed by atoms with Gasteiger partial charge in [0.25, 0.3) is 0 Å². The van der Waals surface area contributed by atoms with Gasteiger partial charge in [-0.3, -0.25) is 0 Å². The second-order valence-corrected chi connectivity index (χ2v) is 7.96. The Bertz CT molecular complexity index is 263. The van der Waals surface area contributed by atoms with E-state index in [0.29, 0.717) is 5.41 Å². The van der Waals surface area contributed by atoms with E-state index in [-0.39, 0.29) is 0 Å². The molecule has 16 heavy (non-hydrogen) atoms. The van der Waals surface area contributed by atoms with Crippen LogP contribution in [-0.2, 0) is 0 Å². The van der Waals surface area contributed by atoms with Gasteiger partial charge in [-0.2, -0.15) is 11.8 Å². The van der Waals surface area contributed by atoms with Crippen molar-refractivity contribution in [3.8, 4) is 0 Å². The zero-order valence-corrected chi connectivity index (χ0v) is 11.5. The van der Waals surface area contributed by atoms with Gasteiger partial charge in [-0.25, -0.2) is 0 Å². The third kappa shape index (κ3) is 2.03. The van der Waals surface area contributed by atoms with Crippen LogP contribution in [0.3, 0.4) is 0 Å². The predicted octanol–water partition coefficient (Wildman–Crippen LogP) is 3.30. The fourth-order valence-electron chi connectivity index (χ4n) is 3.92. The van der Waals surface area contributed by atoms with Crippen LogP contribution in [0.5, 0.6) is 0 Å². The zero-order valence-electron chi connectivity index (χ0n) is 10.7. The minimum absolute atomic E-state index is 0.521. The Hall–Kier alpha value is 0.310. The van der Waals surface area contributed by atoms with E-state index >= 15 is 0 Å². The van der Waals surface area contributed by atoms with Crippen LogP contribution in [0.25, 0.3) is 0 Å². The van der Waals surface area contributed by atoms with Crippen molar-refractivity contribution in [2.75, 3.05) is 11.5 Å². The smallest absolute Gasteiger partial charge is 0.0212 e. The molecule has 1 heterocycles. The molecule has 2 bridgehead atoms. The van der Waals surface area contributed by atoms with Crippen molar-refractivity contribution >= 4 is 11.8 Å². The van der Waals surface area contributed by atoms with Crippen LogP contribution in [0.15, 0.2) is 0 Å². The van der Waals surface area contributed by atoms with Crippen LogP contribution < -0.4 is 5.32 Å². The van der Waals surface area contributed by atoms with Crippen LogP contribution >= 0.6 is 11.8 Å². The lowest BCUT2D eigenvalue weighted by atomic mass is 9.81. The molecule has 1 saturated heterocycles. The first-order chi connectivity index (χ1) is 7.65. The van der Waals surface area contributed by atoms with Crippen molar-refractivity contribution in [2.45, 2.75) is 58.0 Å². The van der Waals surface area contributed by atoms with Gasteiger partial charge in [-0.1, -0.05) is 20.3 Å². The summed E-state index contributed by atoms with van der Waals surface area (Å²) < 4.78 is 0. The van der Waals surface area contributed by atoms with Crippen LogP contribution in [0.1, 0.15) is 46.0 Å². The van der Waals surface area contributed by atoms with Crippen molar-refractivity contribution in [3.63, 3.8) is 0 Å². The molecule has 2 saturated carbocycles. The average molecular weight is 239 g/mol. The Kier molecular flexibility index (Phi) is 3.00. The monoisotopic (exact) mass is 239 g/mol. The second kappa shape index (κ2) is 4.20. The summed E-state index contributed by atoms with van der Waals surface area (Å²) in [6, 6.07) is 1.62. The maximum atomic E-state index is 4.02. The quantitative estimate of drug-likeness (QED) is 0.793. The molecule has 4 unspecified atom stereocenters. The van der Waals surface area contributed by atoms with E-state index in [0.717, 1.165) is 23.9 Å². The minimum atomic E-state index is 0.521. The number of fused-ring (bicyclic) bond motifs is 2. The Morgan fingerprint density at radius 1 is 1.19 bits per heavy atom. The molecule has 2 heteroatoms. The molecule has 3 fully saturated rings. The van der Waals surface area contributed by atoms with Gasteiger partial charge in [0, 0.05) is 17.8 Å². The van der Waals surface area contributed by atoms with E-state index in [4.69, 9.17) is 0 Å². The van der Waals surface area contributed by atoms with Gasteiger partial charge in [-0.15, -0.1) is 0 Å². The summed E-state index contributed by atoms with van der Waals surface area (Å²) in [6.45, 7) is 4.91. The topological polar surface area (TPSA) is 12.0 Å². The Labute approximate surface area is 104 Å². The standard InChI is InChI=1S/C14H25NS/c1-14(2)5-6-16-9-13(14)15-12-8-10-3-4-11(12)7-10/h10-13,15H,3-9H2,1-2H3. The molecule has 1 nitrogen and oxygen atoms in total. The number of nitrogens with one attached hydrogen (secondary N) is 1. The van der Waals surface area contributed by atoms with Gasteiger partial charge in [0.15, 0.2) is 0 Å². The number of hydrogen-bond donors (Lipinski definition) is 1. The van der Waals surface area contributed by atoms with E-state index in [2.05, 4.69) is 30.9 Å². The predicted molar refractivity (Wildman–Crippen MR) is 71.9 cm³/mol. The fraction of sp³-hybridized carbons (Fsp3) is 1.00. The maximum absolute atomic E-state index is 4.02. The highest BCUT2D eigenvalue weighted by Gasteiger charge is 2.42. The van der Waals surface area contributed by atoms with E-state index in [1.54, 1.807) is 0 Å². The van der Waals surface area contributed by atoms with Crippen molar-refractivity contribution in [1.82, 2.24) is 5.32 Å². The van der Waals surface area contributed by atoms with E-state index in [9.17, 15) is 0 Å². The third-order valence-electron chi connectivity index (χ3n) is 5.27. The van der Waals surface area contributed by atoms with Gasteiger partial charge in [0.1, 0.15) is 0 Å². The van der Waals surface area contributed by atoms with Crippen molar-refractivity contribution in [1.29, 1.82) is 0 Å². The van der Waals surface area contributed by atoms with Gasteiger partial charge >= 0.3 is 0 Å². The van der Waals surface area contributed by atoms with Crippen molar-refractivity contribution < 1.29 is 0 Å². The van der Waals surface area contributed by atoms with Gasteiger partial charge in [-0.05, 0) is 48.7 Å². The van der Waals surface area contributed by atoms with Crippen LogP contribution in [0.2, 0.25) is 0 Å². The first-order valence-electron chi connectivity index (χ1n) is 6.99. The highest BCUT2D eigenvalue weighted by molar-refractivity contribution is 7.99. The molecule has 1 aliphatic heterocycles. The lowest BCUT2D eigenvalue weighted by molar-refractivity contribution is 0.204. The number of thioether (sulfide) groups is 1. The number of rotatable bonds is 2. The molecule has 0 radical (unpaired) electrons. The minimum Gasteiger partial charge on any atom is -0.310 e. The first-order valence-corrected chi connectivity index (χ1v) is 8.14. The van der Waals surface area contributed by atoms with Crippen molar-refractivity contribution in [3.05, 3.63) is 0 Å². The Morgan fingerprint density at radius 2 is 2.06 bits per heavy atom. The molecule has 0 aromatic rings. The highest BCUT2D eigenvalue weighted by Crippen LogP contribution is 2.45. The molecule has 0 amide bonds. The van der Waals surface area contributed by atoms with E-state index in [1.165, 1.54) is 43.6 Å². The first kappa shape index (κ1) is 11.4. The summed E-state index contributed by atoms with van der Waals surface area (Å²) in [5.41, 5.74) is 0.521. The normalized spacial score (nSPS) is 46.1. The molecule has 0 aromatic heterocycles. The van der Waals surface area contributed by atoms with Crippen molar-refractivity contribution in [2.24, 2.45) is 17.3 Å².